The maximum Gasteiger partial charge on any atom is 0.225 e. The summed E-state index contributed by atoms with van der Waals surface area (Å²) in [5.74, 6) is 2.33. The summed E-state index contributed by atoms with van der Waals surface area (Å²) in [6.07, 6.45) is 6.79. The molecule has 1 atom stereocenters. The molecule has 90 valence electrons. The van der Waals surface area contributed by atoms with Crippen LogP contribution in [0.25, 0.3) is 0 Å². The number of nitrogens with zero attached hydrogens (tertiary/aromatic N) is 3. The zero-order valence-electron chi connectivity index (χ0n) is 9.98. The van der Waals surface area contributed by atoms with Gasteiger partial charge in [-0.2, -0.15) is 11.8 Å². The maximum absolute atomic E-state index is 5.70. The summed E-state index contributed by atoms with van der Waals surface area (Å²) in [6.45, 7) is 2.19. The van der Waals surface area contributed by atoms with Crippen LogP contribution in [0, 0.1) is 0 Å². The molecule has 5 heteroatoms. The SMILES string of the molecule is CCC(CSC)N(C)c1ncc(CCl)cn1. The molecular formula is C11H18ClN3S. The predicted octanol–water partition coefficient (Wildman–Crippen LogP) is 2.79. The fourth-order valence-electron chi connectivity index (χ4n) is 1.46. The minimum atomic E-state index is 0.464. The number of halogens is 1. The standard InChI is InChI=1S/C11H18ClN3S/c1-4-10(8-16-3)15(2)11-13-6-9(5-12)7-14-11/h6-7,10H,4-5,8H2,1-3H3. The van der Waals surface area contributed by atoms with Crippen molar-refractivity contribution in [1.29, 1.82) is 0 Å². The number of rotatable bonds is 6. The first-order chi connectivity index (χ1) is 7.72. The molecule has 0 N–H and O–H groups in total. The van der Waals surface area contributed by atoms with Gasteiger partial charge in [0.05, 0.1) is 5.88 Å². The third-order valence-electron chi connectivity index (χ3n) is 2.54. The lowest BCUT2D eigenvalue weighted by atomic mass is 10.2. The van der Waals surface area contributed by atoms with Gasteiger partial charge in [-0.1, -0.05) is 6.92 Å². The molecule has 0 aliphatic rings. The maximum atomic E-state index is 5.70. The molecule has 1 unspecified atom stereocenters. The van der Waals surface area contributed by atoms with Crippen LogP contribution in [-0.4, -0.2) is 35.1 Å². The summed E-state index contributed by atoms with van der Waals surface area (Å²) in [7, 11) is 2.04. The van der Waals surface area contributed by atoms with Crippen molar-refractivity contribution in [2.45, 2.75) is 25.3 Å². The van der Waals surface area contributed by atoms with Crippen LogP contribution in [0.5, 0.6) is 0 Å². The van der Waals surface area contributed by atoms with Crippen LogP contribution in [0.15, 0.2) is 12.4 Å². The van der Waals surface area contributed by atoms with Crippen molar-refractivity contribution in [3.05, 3.63) is 18.0 Å². The average Bonchev–Trinajstić information content (AvgIpc) is 2.35. The summed E-state index contributed by atoms with van der Waals surface area (Å²) in [5.41, 5.74) is 0.955. The molecule has 16 heavy (non-hydrogen) atoms. The quantitative estimate of drug-likeness (QED) is 0.735. The number of hydrogen-bond acceptors (Lipinski definition) is 4. The lowest BCUT2D eigenvalue weighted by Crippen LogP contribution is -2.34. The Morgan fingerprint density at radius 1 is 1.44 bits per heavy atom. The summed E-state index contributed by atoms with van der Waals surface area (Å²) in [6, 6.07) is 0.483. The summed E-state index contributed by atoms with van der Waals surface area (Å²) >= 11 is 7.55. The molecular weight excluding hydrogens is 242 g/mol. The van der Waals surface area contributed by atoms with E-state index in [9.17, 15) is 0 Å². The van der Waals surface area contributed by atoms with E-state index in [0.717, 1.165) is 23.7 Å². The smallest absolute Gasteiger partial charge is 0.225 e. The number of thioether (sulfide) groups is 1. The zero-order valence-corrected chi connectivity index (χ0v) is 11.6. The molecule has 1 rings (SSSR count). The van der Waals surface area contributed by atoms with Gasteiger partial charge in [-0.25, -0.2) is 9.97 Å². The Balaban J connectivity index is 2.73. The van der Waals surface area contributed by atoms with Gasteiger partial charge >= 0.3 is 0 Å². The fraction of sp³-hybridized carbons (Fsp3) is 0.636. The van der Waals surface area contributed by atoms with E-state index in [1.807, 2.05) is 18.8 Å². The fourth-order valence-corrected chi connectivity index (χ4v) is 2.44. The highest BCUT2D eigenvalue weighted by Gasteiger charge is 2.14. The molecule has 0 amide bonds. The Bertz CT molecular complexity index is 305. The van der Waals surface area contributed by atoms with Crippen molar-refractivity contribution in [2.24, 2.45) is 0 Å². The molecule has 0 spiro atoms. The van der Waals surface area contributed by atoms with E-state index in [1.165, 1.54) is 0 Å². The summed E-state index contributed by atoms with van der Waals surface area (Å²) in [5, 5.41) is 0. The van der Waals surface area contributed by atoms with Crippen molar-refractivity contribution < 1.29 is 0 Å². The third kappa shape index (κ3) is 3.52. The molecule has 1 aromatic heterocycles. The second-order valence-corrected chi connectivity index (χ2v) is 4.83. The van der Waals surface area contributed by atoms with E-state index in [-0.39, 0.29) is 0 Å². The topological polar surface area (TPSA) is 29.0 Å². The lowest BCUT2D eigenvalue weighted by Gasteiger charge is -2.26. The van der Waals surface area contributed by atoms with E-state index >= 15 is 0 Å². The second-order valence-electron chi connectivity index (χ2n) is 3.65. The Kier molecular flexibility index (Phi) is 5.91. The highest BCUT2D eigenvalue weighted by Crippen LogP contribution is 2.14. The largest absolute Gasteiger partial charge is 0.340 e. The van der Waals surface area contributed by atoms with E-state index in [0.29, 0.717) is 11.9 Å². The van der Waals surface area contributed by atoms with Gasteiger partial charge in [0.1, 0.15) is 0 Å². The first kappa shape index (κ1) is 13.6. The molecule has 1 heterocycles. The van der Waals surface area contributed by atoms with E-state index < -0.39 is 0 Å². The molecule has 0 radical (unpaired) electrons. The Labute approximate surface area is 107 Å². The molecule has 3 nitrogen and oxygen atoms in total. The van der Waals surface area contributed by atoms with Crippen LogP contribution in [-0.2, 0) is 5.88 Å². The van der Waals surface area contributed by atoms with E-state index in [2.05, 4.69) is 28.0 Å². The predicted molar refractivity (Wildman–Crippen MR) is 72.5 cm³/mol. The summed E-state index contributed by atoms with van der Waals surface area (Å²) < 4.78 is 0. The van der Waals surface area contributed by atoms with Crippen molar-refractivity contribution >= 4 is 29.3 Å². The Hall–Kier alpha value is -0.480. The molecule has 0 aliphatic heterocycles. The van der Waals surface area contributed by atoms with Crippen LogP contribution >= 0.6 is 23.4 Å². The normalized spacial score (nSPS) is 12.5. The number of anilines is 1. The number of alkyl halides is 1. The van der Waals surface area contributed by atoms with Crippen LogP contribution in [0.2, 0.25) is 0 Å². The highest BCUT2D eigenvalue weighted by atomic mass is 35.5. The van der Waals surface area contributed by atoms with Gasteiger partial charge in [-0.05, 0) is 12.7 Å². The van der Waals surface area contributed by atoms with Gasteiger partial charge in [0.15, 0.2) is 0 Å². The lowest BCUT2D eigenvalue weighted by molar-refractivity contribution is 0.656. The Morgan fingerprint density at radius 3 is 2.50 bits per heavy atom. The van der Waals surface area contributed by atoms with E-state index in [4.69, 9.17) is 11.6 Å². The number of hydrogen-bond donors (Lipinski definition) is 0. The van der Waals surface area contributed by atoms with Crippen molar-refractivity contribution in [1.82, 2.24) is 9.97 Å². The first-order valence-electron chi connectivity index (χ1n) is 5.31. The molecule has 0 bridgehead atoms. The van der Waals surface area contributed by atoms with Crippen LogP contribution < -0.4 is 4.90 Å². The van der Waals surface area contributed by atoms with Crippen LogP contribution in [0.3, 0.4) is 0 Å². The van der Waals surface area contributed by atoms with E-state index in [1.54, 1.807) is 12.4 Å². The first-order valence-corrected chi connectivity index (χ1v) is 7.24. The van der Waals surface area contributed by atoms with Gasteiger partial charge in [-0.3, -0.25) is 0 Å². The van der Waals surface area contributed by atoms with Crippen LogP contribution in [0.4, 0.5) is 5.95 Å². The molecule has 0 aromatic carbocycles. The third-order valence-corrected chi connectivity index (χ3v) is 3.57. The second kappa shape index (κ2) is 6.97. The molecule has 0 saturated heterocycles. The van der Waals surface area contributed by atoms with Gasteiger partial charge < -0.3 is 4.90 Å². The molecule has 0 saturated carbocycles. The van der Waals surface area contributed by atoms with Crippen molar-refractivity contribution in [3.8, 4) is 0 Å². The molecule has 1 aromatic rings. The van der Waals surface area contributed by atoms with Gasteiger partial charge in [0, 0.05) is 36.8 Å². The van der Waals surface area contributed by atoms with Crippen molar-refractivity contribution in [3.63, 3.8) is 0 Å². The van der Waals surface area contributed by atoms with Gasteiger partial charge in [0.2, 0.25) is 5.95 Å². The van der Waals surface area contributed by atoms with Gasteiger partial charge in [-0.15, -0.1) is 11.6 Å². The monoisotopic (exact) mass is 259 g/mol. The average molecular weight is 260 g/mol. The zero-order chi connectivity index (χ0) is 12.0. The Morgan fingerprint density at radius 2 is 2.06 bits per heavy atom. The number of aromatic nitrogens is 2. The van der Waals surface area contributed by atoms with Crippen molar-refractivity contribution in [2.75, 3.05) is 24.0 Å². The summed E-state index contributed by atoms with van der Waals surface area (Å²) in [4.78, 5) is 10.8. The molecule has 0 fully saturated rings. The molecule has 0 aliphatic carbocycles. The minimum Gasteiger partial charge on any atom is -0.340 e. The highest BCUT2D eigenvalue weighted by molar-refractivity contribution is 7.98. The van der Waals surface area contributed by atoms with Gasteiger partial charge in [0.25, 0.3) is 0 Å². The van der Waals surface area contributed by atoms with Crippen LogP contribution in [0.1, 0.15) is 18.9 Å². The minimum absolute atomic E-state index is 0.464.